The number of esters is 1. The predicted octanol–water partition coefficient (Wildman–Crippen LogP) is 3.67. The third kappa shape index (κ3) is 5.49. The van der Waals surface area contributed by atoms with E-state index in [0.717, 1.165) is 29.6 Å². The number of thioether (sulfide) groups is 1. The van der Waals surface area contributed by atoms with Crippen molar-refractivity contribution in [1.29, 1.82) is 0 Å². The van der Waals surface area contributed by atoms with E-state index in [1.807, 2.05) is 23.9 Å². The van der Waals surface area contributed by atoms with Gasteiger partial charge < -0.3 is 9.64 Å². The first-order valence-electron chi connectivity index (χ1n) is 7.71. The van der Waals surface area contributed by atoms with Crippen LogP contribution in [0.2, 0.25) is 5.02 Å². The van der Waals surface area contributed by atoms with Crippen LogP contribution in [0.15, 0.2) is 24.3 Å². The number of hydrogen-bond acceptors (Lipinski definition) is 4. The number of ether oxygens (including phenoxy) is 1. The number of nitrogens with zero attached hydrogens (tertiary/aromatic N) is 1. The van der Waals surface area contributed by atoms with Crippen LogP contribution >= 0.6 is 23.4 Å². The first kappa shape index (κ1) is 17.6. The zero-order valence-electron chi connectivity index (χ0n) is 13.3. The largest absolute Gasteiger partial charge is 0.465 e. The minimum absolute atomic E-state index is 0.197. The molecule has 0 spiro atoms. The third-order valence-electron chi connectivity index (χ3n) is 4.10. The van der Waals surface area contributed by atoms with Crippen LogP contribution in [-0.2, 0) is 9.53 Å². The maximum Gasteiger partial charge on any atom is 0.302 e. The van der Waals surface area contributed by atoms with Crippen molar-refractivity contribution in [2.45, 2.75) is 19.3 Å². The fraction of sp³-hybridized carbons (Fsp3) is 0.588. The fourth-order valence-corrected chi connectivity index (χ4v) is 4.15. The third-order valence-corrected chi connectivity index (χ3v) is 5.47. The highest BCUT2D eigenvalue weighted by molar-refractivity contribution is 7.99. The van der Waals surface area contributed by atoms with Gasteiger partial charge in [0.1, 0.15) is 6.61 Å². The average Bonchev–Trinajstić information content (AvgIpc) is 2.48. The lowest BCUT2D eigenvalue weighted by atomic mass is 9.81. The lowest BCUT2D eigenvalue weighted by Gasteiger charge is -2.37. The van der Waals surface area contributed by atoms with Crippen LogP contribution in [0.1, 0.15) is 24.8 Å². The van der Waals surface area contributed by atoms with E-state index in [9.17, 15) is 4.79 Å². The SMILES string of the molecule is CC(=O)OCCSC[C@@H]1CN(C)CC[C@@H]1c1ccc(Cl)cc1. The highest BCUT2D eigenvalue weighted by atomic mass is 35.5. The van der Waals surface area contributed by atoms with Crippen LogP contribution in [0.4, 0.5) is 0 Å². The second-order valence-electron chi connectivity index (χ2n) is 5.88. The van der Waals surface area contributed by atoms with Crippen LogP contribution in [0.25, 0.3) is 0 Å². The van der Waals surface area contributed by atoms with Gasteiger partial charge in [-0.1, -0.05) is 23.7 Å². The molecule has 1 heterocycles. The molecule has 1 aliphatic heterocycles. The van der Waals surface area contributed by atoms with Gasteiger partial charge in [0.15, 0.2) is 0 Å². The first-order valence-corrected chi connectivity index (χ1v) is 9.24. The van der Waals surface area contributed by atoms with E-state index in [1.165, 1.54) is 18.9 Å². The summed E-state index contributed by atoms with van der Waals surface area (Å²) in [7, 11) is 2.19. The summed E-state index contributed by atoms with van der Waals surface area (Å²) < 4.78 is 4.99. The summed E-state index contributed by atoms with van der Waals surface area (Å²) in [4.78, 5) is 13.2. The zero-order chi connectivity index (χ0) is 15.9. The molecule has 5 heteroatoms. The summed E-state index contributed by atoms with van der Waals surface area (Å²) in [6.45, 7) is 4.22. The van der Waals surface area contributed by atoms with Gasteiger partial charge in [0, 0.05) is 24.2 Å². The number of carbonyl (C=O) groups excluding carboxylic acids is 1. The lowest BCUT2D eigenvalue weighted by Crippen LogP contribution is -2.38. The fourth-order valence-electron chi connectivity index (χ4n) is 3.01. The molecule has 0 amide bonds. The lowest BCUT2D eigenvalue weighted by molar-refractivity contribution is -0.140. The van der Waals surface area contributed by atoms with Crippen molar-refractivity contribution in [2.75, 3.05) is 38.2 Å². The molecule has 22 heavy (non-hydrogen) atoms. The van der Waals surface area contributed by atoms with Crippen molar-refractivity contribution in [1.82, 2.24) is 4.90 Å². The molecule has 2 rings (SSSR count). The molecule has 1 aromatic rings. The van der Waals surface area contributed by atoms with E-state index < -0.39 is 0 Å². The molecule has 1 aromatic carbocycles. The summed E-state index contributed by atoms with van der Waals surface area (Å²) in [6.07, 6.45) is 1.19. The molecule has 3 nitrogen and oxygen atoms in total. The Morgan fingerprint density at radius 2 is 2.14 bits per heavy atom. The van der Waals surface area contributed by atoms with E-state index in [-0.39, 0.29) is 5.97 Å². The zero-order valence-corrected chi connectivity index (χ0v) is 14.8. The Balaban J connectivity index is 1.89. The monoisotopic (exact) mass is 341 g/mol. The molecule has 1 saturated heterocycles. The average molecular weight is 342 g/mol. The van der Waals surface area contributed by atoms with E-state index in [0.29, 0.717) is 18.4 Å². The first-order chi connectivity index (χ1) is 10.6. The van der Waals surface area contributed by atoms with Gasteiger partial charge in [-0.05, 0) is 55.3 Å². The minimum Gasteiger partial charge on any atom is -0.465 e. The topological polar surface area (TPSA) is 29.5 Å². The molecule has 0 saturated carbocycles. The van der Waals surface area contributed by atoms with Gasteiger partial charge in [-0.3, -0.25) is 4.79 Å². The maximum atomic E-state index is 10.8. The standard InChI is InChI=1S/C17H24ClNO2S/c1-13(20)21-9-10-22-12-15-11-19(2)8-7-17(15)14-3-5-16(18)6-4-14/h3-6,15,17H,7-12H2,1-2H3/t15-,17+/m0/s1. The number of rotatable bonds is 6. The van der Waals surface area contributed by atoms with Crippen molar-refractivity contribution in [2.24, 2.45) is 5.92 Å². The predicted molar refractivity (Wildman–Crippen MR) is 93.8 cm³/mol. The molecule has 0 bridgehead atoms. The molecular formula is C17H24ClNO2S. The molecule has 1 aliphatic rings. The Hall–Kier alpha value is -0.710. The normalized spacial score (nSPS) is 22.5. The Morgan fingerprint density at radius 3 is 2.82 bits per heavy atom. The molecular weight excluding hydrogens is 318 g/mol. The minimum atomic E-state index is -0.197. The maximum absolute atomic E-state index is 10.8. The Kier molecular flexibility index (Phi) is 7.06. The Morgan fingerprint density at radius 1 is 1.41 bits per heavy atom. The smallest absolute Gasteiger partial charge is 0.302 e. The van der Waals surface area contributed by atoms with Gasteiger partial charge in [-0.2, -0.15) is 11.8 Å². The molecule has 1 fully saturated rings. The van der Waals surface area contributed by atoms with Gasteiger partial charge in [-0.15, -0.1) is 0 Å². The van der Waals surface area contributed by atoms with E-state index in [1.54, 1.807) is 0 Å². The number of halogens is 1. The Labute approximate surface area is 142 Å². The highest BCUT2D eigenvalue weighted by Gasteiger charge is 2.28. The van der Waals surface area contributed by atoms with Gasteiger partial charge >= 0.3 is 5.97 Å². The number of benzene rings is 1. The molecule has 0 unspecified atom stereocenters. The van der Waals surface area contributed by atoms with Gasteiger partial charge in [-0.25, -0.2) is 0 Å². The van der Waals surface area contributed by atoms with Crippen molar-refractivity contribution in [3.63, 3.8) is 0 Å². The number of piperidine rings is 1. The highest BCUT2D eigenvalue weighted by Crippen LogP contribution is 2.35. The molecule has 0 aliphatic carbocycles. The van der Waals surface area contributed by atoms with Crippen molar-refractivity contribution in [3.05, 3.63) is 34.9 Å². The molecule has 2 atom stereocenters. The number of hydrogen-bond donors (Lipinski definition) is 0. The summed E-state index contributed by atoms with van der Waals surface area (Å²) >= 11 is 7.88. The van der Waals surface area contributed by atoms with Crippen LogP contribution in [0, 0.1) is 5.92 Å². The van der Waals surface area contributed by atoms with Crippen LogP contribution in [0.5, 0.6) is 0 Å². The second kappa shape index (κ2) is 8.80. The van der Waals surface area contributed by atoms with Gasteiger partial charge in [0.05, 0.1) is 0 Å². The Bertz CT molecular complexity index is 480. The molecule has 122 valence electrons. The molecule has 0 radical (unpaired) electrons. The second-order valence-corrected chi connectivity index (χ2v) is 7.47. The number of carbonyl (C=O) groups is 1. The summed E-state index contributed by atoms with van der Waals surface area (Å²) in [5, 5.41) is 0.795. The van der Waals surface area contributed by atoms with Crippen molar-refractivity contribution < 1.29 is 9.53 Å². The molecule has 0 aromatic heterocycles. The van der Waals surface area contributed by atoms with Gasteiger partial charge in [0.2, 0.25) is 0 Å². The van der Waals surface area contributed by atoms with E-state index in [2.05, 4.69) is 24.1 Å². The molecule has 0 N–H and O–H groups in total. The van der Waals surface area contributed by atoms with E-state index in [4.69, 9.17) is 16.3 Å². The summed E-state index contributed by atoms with van der Waals surface area (Å²) in [5.74, 6) is 2.99. The van der Waals surface area contributed by atoms with E-state index >= 15 is 0 Å². The van der Waals surface area contributed by atoms with Crippen molar-refractivity contribution >= 4 is 29.3 Å². The van der Waals surface area contributed by atoms with Crippen LogP contribution < -0.4 is 0 Å². The summed E-state index contributed by atoms with van der Waals surface area (Å²) in [6, 6.07) is 8.30. The van der Waals surface area contributed by atoms with Crippen LogP contribution in [-0.4, -0.2) is 49.1 Å². The van der Waals surface area contributed by atoms with Gasteiger partial charge in [0.25, 0.3) is 0 Å². The summed E-state index contributed by atoms with van der Waals surface area (Å²) in [5.41, 5.74) is 1.39. The number of likely N-dealkylation sites (tertiary alicyclic amines) is 1. The quantitative estimate of drug-likeness (QED) is 0.583. The van der Waals surface area contributed by atoms with Crippen molar-refractivity contribution in [3.8, 4) is 0 Å². The van der Waals surface area contributed by atoms with Crippen LogP contribution in [0.3, 0.4) is 0 Å².